The maximum Gasteiger partial charge on any atom is 0.391 e. The van der Waals surface area contributed by atoms with Crippen LogP contribution in [0, 0.1) is 41.4 Å². The number of hydrogen-bond donors (Lipinski definition) is 0. The van der Waals surface area contributed by atoms with Gasteiger partial charge in [0.25, 0.3) is 0 Å². The van der Waals surface area contributed by atoms with Crippen LogP contribution in [0.1, 0.15) is 109 Å². The van der Waals surface area contributed by atoms with Gasteiger partial charge in [-0.2, -0.15) is 36.7 Å². The second-order valence-electron chi connectivity index (χ2n) is 13.5. The Balaban J connectivity index is 1.11. The van der Waals surface area contributed by atoms with Crippen LogP contribution in [0.15, 0.2) is 0 Å². The van der Waals surface area contributed by atoms with Crippen molar-refractivity contribution in [2.24, 2.45) is 41.4 Å². The second kappa shape index (κ2) is 11.6. The van der Waals surface area contributed by atoms with Crippen LogP contribution in [0.5, 0.6) is 0 Å². The van der Waals surface area contributed by atoms with Gasteiger partial charge in [0.15, 0.2) is 0 Å². The molecule has 0 radical (unpaired) electrons. The molecule has 0 bridgehead atoms. The standard InChI is InChI=1S/C31H45F3O2S2/c32-31(33,34)20-14-12-19-17-22(15-13-18(19)16-20)38-26-11-5-9-24-28(26)30(36)23-8-4-10-25(27(23)29(24)35)37-21-6-2-1-3-7-21/h18-28H,1-17H2. The van der Waals surface area contributed by atoms with E-state index in [0.717, 1.165) is 57.8 Å². The van der Waals surface area contributed by atoms with Crippen LogP contribution < -0.4 is 0 Å². The molecule has 0 amide bonds. The largest absolute Gasteiger partial charge is 0.391 e. The first-order chi connectivity index (χ1) is 18.3. The van der Waals surface area contributed by atoms with Crippen molar-refractivity contribution in [2.75, 3.05) is 0 Å². The predicted octanol–water partition coefficient (Wildman–Crippen LogP) is 8.65. The molecule has 0 aliphatic heterocycles. The van der Waals surface area contributed by atoms with Crippen LogP contribution in [-0.4, -0.2) is 38.7 Å². The summed E-state index contributed by atoms with van der Waals surface area (Å²) in [7, 11) is 0. The van der Waals surface area contributed by atoms with Crippen molar-refractivity contribution in [3.63, 3.8) is 0 Å². The SMILES string of the molecule is O=C1C2CCCC(SC3CCC4CC(C(F)(F)F)CCC4C3)C2C(=O)C2CCCC(SC3CCCCC3)C12. The summed E-state index contributed by atoms with van der Waals surface area (Å²) in [4.78, 5) is 28.2. The number of halogens is 3. The number of fused-ring (bicyclic) bond motifs is 3. The number of carbonyl (C=O) groups excluding carboxylic acids is 2. The van der Waals surface area contributed by atoms with Gasteiger partial charge in [-0.1, -0.05) is 32.1 Å². The van der Waals surface area contributed by atoms with Gasteiger partial charge in [-0.05, 0) is 88.9 Å². The van der Waals surface area contributed by atoms with E-state index in [0.29, 0.717) is 46.1 Å². The summed E-state index contributed by atoms with van der Waals surface area (Å²) in [6, 6.07) is 0. The van der Waals surface area contributed by atoms with E-state index in [9.17, 15) is 22.8 Å². The van der Waals surface area contributed by atoms with E-state index in [-0.39, 0.29) is 41.3 Å². The van der Waals surface area contributed by atoms with Gasteiger partial charge < -0.3 is 0 Å². The number of hydrogen-bond acceptors (Lipinski definition) is 4. The molecule has 6 aliphatic carbocycles. The first-order valence-electron chi connectivity index (χ1n) is 15.7. The van der Waals surface area contributed by atoms with E-state index < -0.39 is 12.1 Å². The van der Waals surface area contributed by atoms with Crippen molar-refractivity contribution in [1.82, 2.24) is 0 Å². The number of ketones is 2. The Hall–Kier alpha value is -0.170. The van der Waals surface area contributed by atoms with Crippen LogP contribution in [0.3, 0.4) is 0 Å². The molecule has 0 N–H and O–H groups in total. The molecule has 214 valence electrons. The van der Waals surface area contributed by atoms with Gasteiger partial charge in [-0.15, -0.1) is 0 Å². The molecule has 38 heavy (non-hydrogen) atoms. The molecule has 10 unspecified atom stereocenters. The van der Waals surface area contributed by atoms with E-state index >= 15 is 0 Å². The summed E-state index contributed by atoms with van der Waals surface area (Å²) < 4.78 is 39.9. The Kier molecular flexibility index (Phi) is 8.54. The molecule has 0 spiro atoms. The average molecular weight is 571 g/mol. The van der Waals surface area contributed by atoms with Crippen molar-refractivity contribution in [3.8, 4) is 0 Å². The monoisotopic (exact) mass is 570 g/mol. The number of thioether (sulfide) groups is 2. The van der Waals surface area contributed by atoms with Crippen molar-refractivity contribution < 1.29 is 22.8 Å². The van der Waals surface area contributed by atoms with Gasteiger partial charge in [0.05, 0.1) is 5.92 Å². The lowest BCUT2D eigenvalue weighted by Gasteiger charge is -2.50. The zero-order valence-electron chi connectivity index (χ0n) is 22.6. The molecule has 6 rings (SSSR count). The summed E-state index contributed by atoms with van der Waals surface area (Å²) in [6.07, 6.45) is 12.6. The smallest absolute Gasteiger partial charge is 0.299 e. The quantitative estimate of drug-likeness (QED) is 0.339. The molecule has 6 saturated carbocycles. The Bertz CT molecular complexity index is 872. The lowest BCUT2D eigenvalue weighted by Crippen LogP contribution is -2.56. The minimum atomic E-state index is -4.05. The number of rotatable bonds is 4. The Morgan fingerprint density at radius 2 is 1.11 bits per heavy atom. The Labute approximate surface area is 235 Å². The van der Waals surface area contributed by atoms with Crippen LogP contribution in [0.4, 0.5) is 13.2 Å². The van der Waals surface area contributed by atoms with Crippen LogP contribution >= 0.6 is 23.5 Å². The second-order valence-corrected chi connectivity index (χ2v) is 16.6. The normalized spacial score (nSPS) is 44.7. The van der Waals surface area contributed by atoms with Gasteiger partial charge in [0.2, 0.25) is 0 Å². The fourth-order valence-electron chi connectivity index (χ4n) is 9.48. The number of alkyl halides is 3. The van der Waals surface area contributed by atoms with Crippen LogP contribution in [0.2, 0.25) is 0 Å². The van der Waals surface area contributed by atoms with Crippen molar-refractivity contribution in [1.29, 1.82) is 0 Å². The lowest BCUT2D eigenvalue weighted by molar-refractivity contribution is -0.190. The molecule has 0 heterocycles. The van der Waals surface area contributed by atoms with Gasteiger partial charge in [0, 0.05) is 44.7 Å². The Morgan fingerprint density at radius 1 is 0.553 bits per heavy atom. The molecule has 6 fully saturated rings. The molecule has 0 aromatic carbocycles. The molecule has 6 aliphatic rings. The summed E-state index contributed by atoms with van der Waals surface area (Å²) >= 11 is 4.03. The highest BCUT2D eigenvalue weighted by molar-refractivity contribution is 8.00. The summed E-state index contributed by atoms with van der Waals surface area (Å²) in [5.74, 6) is 0.0362. The van der Waals surface area contributed by atoms with E-state index in [1.54, 1.807) is 0 Å². The zero-order valence-corrected chi connectivity index (χ0v) is 24.3. The third-order valence-electron chi connectivity index (χ3n) is 11.4. The highest BCUT2D eigenvalue weighted by atomic mass is 32.2. The third kappa shape index (κ3) is 5.63. The highest BCUT2D eigenvalue weighted by Crippen LogP contribution is 2.55. The molecule has 7 heteroatoms. The number of Topliss-reactive ketones (excluding diaryl/α,β-unsaturated/α-hetero) is 2. The summed E-state index contributed by atoms with van der Waals surface area (Å²) in [5.41, 5.74) is 0. The van der Waals surface area contributed by atoms with E-state index in [4.69, 9.17) is 0 Å². The molecular formula is C31H45F3O2S2. The lowest BCUT2D eigenvalue weighted by atomic mass is 9.58. The Morgan fingerprint density at radius 3 is 1.71 bits per heavy atom. The van der Waals surface area contributed by atoms with E-state index in [1.165, 1.54) is 32.1 Å². The maximum atomic E-state index is 14.1. The first kappa shape index (κ1) is 28.0. The summed E-state index contributed by atoms with van der Waals surface area (Å²) in [6.45, 7) is 0. The van der Waals surface area contributed by atoms with E-state index in [2.05, 4.69) is 11.8 Å². The van der Waals surface area contributed by atoms with Crippen molar-refractivity contribution in [2.45, 2.75) is 136 Å². The molecule has 0 saturated heterocycles. The predicted molar refractivity (Wildman–Crippen MR) is 149 cm³/mol. The molecule has 2 nitrogen and oxygen atoms in total. The fraction of sp³-hybridized carbons (Fsp3) is 0.935. The minimum absolute atomic E-state index is 0.0487. The van der Waals surface area contributed by atoms with Crippen LogP contribution in [0.25, 0.3) is 0 Å². The van der Waals surface area contributed by atoms with E-state index in [1.807, 2.05) is 11.8 Å². The molecule has 0 aromatic rings. The van der Waals surface area contributed by atoms with Gasteiger partial charge >= 0.3 is 6.18 Å². The zero-order chi connectivity index (χ0) is 26.4. The minimum Gasteiger partial charge on any atom is -0.299 e. The average Bonchev–Trinajstić information content (AvgIpc) is 2.91. The molecular weight excluding hydrogens is 525 g/mol. The third-order valence-corrected chi connectivity index (χ3v) is 14.8. The topological polar surface area (TPSA) is 34.1 Å². The first-order valence-corrected chi connectivity index (χ1v) is 17.6. The van der Waals surface area contributed by atoms with Gasteiger partial charge in [0.1, 0.15) is 11.6 Å². The highest BCUT2D eigenvalue weighted by Gasteiger charge is 2.56. The number of carbonyl (C=O) groups is 2. The van der Waals surface area contributed by atoms with Crippen LogP contribution in [-0.2, 0) is 9.59 Å². The van der Waals surface area contributed by atoms with Gasteiger partial charge in [-0.25, -0.2) is 0 Å². The molecule has 10 atom stereocenters. The maximum absolute atomic E-state index is 14.1. The van der Waals surface area contributed by atoms with Gasteiger partial charge in [-0.3, -0.25) is 9.59 Å². The summed E-state index contributed by atoms with van der Waals surface area (Å²) in [5, 5.41) is 1.67. The van der Waals surface area contributed by atoms with Crippen molar-refractivity contribution in [3.05, 3.63) is 0 Å². The fourth-order valence-corrected chi connectivity index (χ4v) is 13.3. The van der Waals surface area contributed by atoms with Crippen molar-refractivity contribution >= 4 is 35.1 Å². The molecule has 0 aromatic heterocycles.